The summed E-state index contributed by atoms with van der Waals surface area (Å²) in [6.07, 6.45) is 1.91. The van der Waals surface area contributed by atoms with E-state index in [0.29, 0.717) is 12.1 Å². The molecule has 0 spiro atoms. The highest BCUT2D eigenvalue weighted by atomic mass is 19.1. The molecule has 0 aromatic heterocycles. The van der Waals surface area contributed by atoms with E-state index in [2.05, 4.69) is 0 Å². The molecule has 0 saturated heterocycles. The van der Waals surface area contributed by atoms with E-state index >= 15 is 0 Å². The highest BCUT2D eigenvalue weighted by Gasteiger charge is 2.25. The lowest BCUT2D eigenvalue weighted by molar-refractivity contribution is 0.341. The van der Waals surface area contributed by atoms with E-state index < -0.39 is 11.6 Å². The van der Waals surface area contributed by atoms with E-state index in [0.717, 1.165) is 23.3 Å². The van der Waals surface area contributed by atoms with E-state index in [1.807, 2.05) is 24.1 Å². The molecule has 1 atom stereocenters. The van der Waals surface area contributed by atoms with Gasteiger partial charge in [-0.3, -0.25) is 4.90 Å². The van der Waals surface area contributed by atoms with Gasteiger partial charge in [-0.1, -0.05) is 18.2 Å². The van der Waals surface area contributed by atoms with E-state index in [4.69, 9.17) is 0 Å². The van der Waals surface area contributed by atoms with Crippen molar-refractivity contribution < 1.29 is 13.9 Å². The Bertz CT molecular complexity index is 712. The fourth-order valence-corrected chi connectivity index (χ4v) is 2.72. The van der Waals surface area contributed by atoms with Crippen molar-refractivity contribution in [2.45, 2.75) is 6.04 Å². The third kappa shape index (κ3) is 2.67. The van der Waals surface area contributed by atoms with Crippen LogP contribution in [0.3, 0.4) is 0 Å². The molecule has 108 valence electrons. The number of hydrogen-bond acceptors (Lipinski definition) is 2. The number of hydrogen-bond donors (Lipinski definition) is 1. The zero-order chi connectivity index (χ0) is 15.0. The molecule has 1 N–H and O–H groups in total. The lowest BCUT2D eigenvalue weighted by Crippen LogP contribution is -2.19. The Kier molecular flexibility index (Phi) is 3.47. The minimum atomic E-state index is -0.448. The molecule has 4 heteroatoms. The summed E-state index contributed by atoms with van der Waals surface area (Å²) < 4.78 is 27.2. The van der Waals surface area contributed by atoms with Gasteiger partial charge in [0.05, 0.1) is 6.04 Å². The van der Waals surface area contributed by atoms with Crippen LogP contribution in [0.15, 0.2) is 48.5 Å². The molecule has 1 aliphatic rings. The highest BCUT2D eigenvalue weighted by Crippen LogP contribution is 2.35. The average molecular weight is 287 g/mol. The molecule has 3 rings (SSSR count). The van der Waals surface area contributed by atoms with Crippen LogP contribution >= 0.6 is 0 Å². The van der Waals surface area contributed by atoms with Crippen molar-refractivity contribution in [1.82, 2.24) is 4.90 Å². The molecule has 0 bridgehead atoms. The fourth-order valence-electron chi connectivity index (χ4n) is 2.72. The summed E-state index contributed by atoms with van der Waals surface area (Å²) in [4.78, 5) is 2.02. The average Bonchev–Trinajstić information content (AvgIpc) is 2.83. The number of aromatic hydroxyl groups is 1. The Morgan fingerprint density at radius 1 is 1.14 bits per heavy atom. The van der Waals surface area contributed by atoms with Crippen molar-refractivity contribution in [3.8, 4) is 5.75 Å². The van der Waals surface area contributed by atoms with Crippen LogP contribution in [0, 0.1) is 11.6 Å². The minimum absolute atomic E-state index is 0.0604. The van der Waals surface area contributed by atoms with Crippen molar-refractivity contribution in [3.05, 3.63) is 71.3 Å². The Balaban J connectivity index is 1.99. The molecule has 0 fully saturated rings. The second-order valence-electron chi connectivity index (χ2n) is 5.27. The Morgan fingerprint density at radius 3 is 2.71 bits per heavy atom. The van der Waals surface area contributed by atoms with E-state index in [1.165, 1.54) is 6.07 Å². The summed E-state index contributed by atoms with van der Waals surface area (Å²) in [5.74, 6) is -0.678. The first-order chi connectivity index (χ1) is 10.0. The molecule has 0 aliphatic carbocycles. The van der Waals surface area contributed by atoms with Crippen LogP contribution < -0.4 is 0 Å². The zero-order valence-electron chi connectivity index (χ0n) is 11.6. The minimum Gasteiger partial charge on any atom is -0.508 e. The monoisotopic (exact) mass is 287 g/mol. The van der Waals surface area contributed by atoms with Gasteiger partial charge in [0.25, 0.3) is 0 Å². The zero-order valence-corrected chi connectivity index (χ0v) is 11.6. The van der Waals surface area contributed by atoms with Crippen LogP contribution in [0.1, 0.15) is 17.2 Å². The van der Waals surface area contributed by atoms with E-state index in [1.54, 1.807) is 18.2 Å². The number of benzene rings is 2. The molecule has 0 radical (unpaired) electrons. The predicted molar refractivity (Wildman–Crippen MR) is 77.8 cm³/mol. The molecular weight excluding hydrogens is 272 g/mol. The maximum absolute atomic E-state index is 13.9. The van der Waals surface area contributed by atoms with Crippen molar-refractivity contribution >= 4 is 5.57 Å². The van der Waals surface area contributed by atoms with Gasteiger partial charge < -0.3 is 5.11 Å². The first-order valence-electron chi connectivity index (χ1n) is 6.70. The summed E-state index contributed by atoms with van der Waals surface area (Å²) in [7, 11) is 1.91. The molecule has 0 amide bonds. The summed E-state index contributed by atoms with van der Waals surface area (Å²) in [5, 5.41) is 9.57. The molecule has 2 aromatic rings. The smallest absolute Gasteiger partial charge is 0.130 e. The molecule has 21 heavy (non-hydrogen) atoms. The molecule has 1 aliphatic heterocycles. The maximum Gasteiger partial charge on any atom is 0.130 e. The van der Waals surface area contributed by atoms with Crippen molar-refractivity contribution in [1.29, 1.82) is 0 Å². The molecular formula is C17H15F2NO. The molecule has 0 saturated carbocycles. The number of likely N-dealkylation sites (N-methyl/N-ethyl adjacent to an activating group) is 1. The van der Waals surface area contributed by atoms with Crippen molar-refractivity contribution in [2.75, 3.05) is 13.6 Å². The number of nitrogens with zero attached hydrogens (tertiary/aromatic N) is 1. The summed E-state index contributed by atoms with van der Waals surface area (Å²) in [6.45, 7) is 0.528. The largest absolute Gasteiger partial charge is 0.508 e. The Morgan fingerprint density at radius 2 is 1.95 bits per heavy atom. The van der Waals surface area contributed by atoms with Crippen LogP contribution in [-0.4, -0.2) is 23.6 Å². The second kappa shape index (κ2) is 5.30. The lowest BCUT2D eigenvalue weighted by Gasteiger charge is -2.19. The van der Waals surface area contributed by atoms with Crippen molar-refractivity contribution in [3.63, 3.8) is 0 Å². The maximum atomic E-state index is 13.9. The number of halogens is 2. The third-order valence-corrected chi connectivity index (χ3v) is 3.74. The normalized spacial score (nSPS) is 18.8. The van der Waals surface area contributed by atoms with Gasteiger partial charge in [-0.2, -0.15) is 0 Å². The van der Waals surface area contributed by atoms with Gasteiger partial charge in [0.15, 0.2) is 0 Å². The van der Waals surface area contributed by atoms with Gasteiger partial charge in [-0.15, -0.1) is 0 Å². The summed E-state index contributed by atoms with van der Waals surface area (Å²) in [6, 6.07) is 10.4. The van der Waals surface area contributed by atoms with Gasteiger partial charge in [-0.25, -0.2) is 8.78 Å². The third-order valence-electron chi connectivity index (χ3n) is 3.74. The Hall–Kier alpha value is -2.20. The fraction of sp³-hybridized carbons (Fsp3) is 0.176. The molecule has 2 nitrogen and oxygen atoms in total. The predicted octanol–water partition coefficient (Wildman–Crippen LogP) is 3.74. The SMILES string of the molecule is CN1CC(c2cc(F)ccc2F)=CC1c1cccc(O)c1. The lowest BCUT2D eigenvalue weighted by atomic mass is 10.0. The molecule has 1 unspecified atom stereocenters. The van der Waals surface area contributed by atoms with Crippen LogP contribution in [-0.2, 0) is 0 Å². The van der Waals surface area contributed by atoms with Crippen LogP contribution in [0.4, 0.5) is 8.78 Å². The second-order valence-corrected chi connectivity index (χ2v) is 5.27. The first-order valence-corrected chi connectivity index (χ1v) is 6.70. The molecule has 1 heterocycles. The summed E-state index contributed by atoms with van der Waals surface area (Å²) >= 11 is 0. The number of rotatable bonds is 2. The van der Waals surface area contributed by atoms with Crippen LogP contribution in [0.2, 0.25) is 0 Å². The topological polar surface area (TPSA) is 23.5 Å². The Labute approximate surface area is 122 Å². The quantitative estimate of drug-likeness (QED) is 0.909. The van der Waals surface area contributed by atoms with Crippen LogP contribution in [0.25, 0.3) is 5.57 Å². The van der Waals surface area contributed by atoms with Crippen molar-refractivity contribution in [2.24, 2.45) is 0 Å². The van der Waals surface area contributed by atoms with Gasteiger partial charge in [0, 0.05) is 12.1 Å². The number of phenols is 1. The molecule has 2 aromatic carbocycles. The van der Waals surface area contributed by atoms with Gasteiger partial charge in [0.2, 0.25) is 0 Å². The van der Waals surface area contributed by atoms with Gasteiger partial charge in [-0.05, 0) is 48.5 Å². The van der Waals surface area contributed by atoms with Gasteiger partial charge in [0.1, 0.15) is 17.4 Å². The standard InChI is InChI=1S/C17H15F2NO/c1-20-10-12(15-9-13(18)5-6-16(15)19)8-17(20)11-3-2-4-14(21)7-11/h2-9,17,21H,10H2,1H3. The van der Waals surface area contributed by atoms with E-state index in [9.17, 15) is 13.9 Å². The number of phenolic OH excluding ortho intramolecular Hbond substituents is 1. The van der Waals surface area contributed by atoms with Crippen LogP contribution in [0.5, 0.6) is 5.75 Å². The van der Waals surface area contributed by atoms with Gasteiger partial charge >= 0.3 is 0 Å². The highest BCUT2D eigenvalue weighted by molar-refractivity contribution is 5.70. The van der Waals surface area contributed by atoms with E-state index in [-0.39, 0.29) is 11.8 Å². The first kappa shape index (κ1) is 13.8. The summed E-state index contributed by atoms with van der Waals surface area (Å²) in [5.41, 5.74) is 1.97.